The summed E-state index contributed by atoms with van der Waals surface area (Å²) in [7, 11) is 0. The van der Waals surface area contributed by atoms with Crippen LogP contribution in [0.5, 0.6) is 0 Å². The van der Waals surface area contributed by atoms with E-state index in [2.05, 4.69) is 4.90 Å². The molecule has 3 aliphatic rings. The van der Waals surface area contributed by atoms with Gasteiger partial charge in [-0.2, -0.15) is 0 Å². The van der Waals surface area contributed by atoms with Gasteiger partial charge in [-0.1, -0.05) is 0 Å². The zero-order chi connectivity index (χ0) is 19.6. The van der Waals surface area contributed by atoms with Crippen molar-refractivity contribution in [3.63, 3.8) is 0 Å². The van der Waals surface area contributed by atoms with E-state index in [1.807, 2.05) is 22.8 Å². The Morgan fingerprint density at radius 1 is 1.18 bits per heavy atom. The molecule has 0 radical (unpaired) electrons. The first-order chi connectivity index (χ1) is 13.6. The first-order valence-electron chi connectivity index (χ1n) is 10.5. The van der Waals surface area contributed by atoms with Crippen LogP contribution in [-0.2, 0) is 16.1 Å². The first kappa shape index (κ1) is 19.5. The van der Waals surface area contributed by atoms with Crippen LogP contribution in [0.15, 0.2) is 16.7 Å². The largest absolute Gasteiger partial charge is 0.467 e. The second kappa shape index (κ2) is 8.25. The number of hydrogen-bond donors (Lipinski definition) is 0. The van der Waals surface area contributed by atoms with Gasteiger partial charge in [-0.05, 0) is 32.3 Å². The van der Waals surface area contributed by atoms with Gasteiger partial charge in [0.15, 0.2) is 0 Å². The van der Waals surface area contributed by atoms with Crippen LogP contribution in [0.25, 0.3) is 0 Å². The van der Waals surface area contributed by atoms with Gasteiger partial charge in [0.1, 0.15) is 12.0 Å². The third-order valence-electron chi connectivity index (χ3n) is 6.46. The molecule has 154 valence electrons. The van der Waals surface area contributed by atoms with Crippen LogP contribution in [0, 0.1) is 5.41 Å². The lowest BCUT2D eigenvalue weighted by molar-refractivity contribution is -0.138. The van der Waals surface area contributed by atoms with Crippen molar-refractivity contribution in [3.05, 3.63) is 23.7 Å². The maximum atomic E-state index is 13.1. The number of piperidine rings is 2. The summed E-state index contributed by atoms with van der Waals surface area (Å²) in [6.07, 6.45) is 5.18. The molecule has 7 nitrogen and oxygen atoms in total. The molecular formula is C21H31N3O4. The van der Waals surface area contributed by atoms with E-state index in [4.69, 9.17) is 9.15 Å². The molecule has 4 heterocycles. The van der Waals surface area contributed by atoms with Gasteiger partial charge < -0.3 is 19.0 Å². The molecule has 3 fully saturated rings. The van der Waals surface area contributed by atoms with Crippen molar-refractivity contribution >= 4 is 11.8 Å². The minimum Gasteiger partial charge on any atom is -0.467 e. The van der Waals surface area contributed by atoms with E-state index in [9.17, 15) is 9.59 Å². The number of morpholine rings is 1. The topological polar surface area (TPSA) is 66.2 Å². The molecule has 4 rings (SSSR count). The van der Waals surface area contributed by atoms with Crippen LogP contribution in [0.4, 0.5) is 0 Å². The SMILES string of the molecule is CCN1CC2(CCCN(C(=O)c3coc(CN4CCOCC4)c3)C2)CCC1=O. The van der Waals surface area contributed by atoms with Crippen LogP contribution in [0.2, 0.25) is 0 Å². The number of furan rings is 1. The van der Waals surface area contributed by atoms with Crippen molar-refractivity contribution in [1.82, 2.24) is 14.7 Å². The van der Waals surface area contributed by atoms with Crippen molar-refractivity contribution in [1.29, 1.82) is 0 Å². The summed E-state index contributed by atoms with van der Waals surface area (Å²) < 4.78 is 11.1. The lowest BCUT2D eigenvalue weighted by Crippen LogP contribution is -2.55. The number of likely N-dealkylation sites (tertiary alicyclic amines) is 2. The maximum absolute atomic E-state index is 13.1. The monoisotopic (exact) mass is 389 g/mol. The number of carbonyl (C=O) groups is 2. The Hall–Kier alpha value is -1.86. The molecule has 0 saturated carbocycles. The van der Waals surface area contributed by atoms with Gasteiger partial charge in [0.25, 0.3) is 5.91 Å². The second-order valence-electron chi connectivity index (χ2n) is 8.43. The first-order valence-corrected chi connectivity index (χ1v) is 10.5. The van der Waals surface area contributed by atoms with E-state index in [0.717, 1.165) is 77.5 Å². The Morgan fingerprint density at radius 3 is 2.79 bits per heavy atom. The predicted molar refractivity (Wildman–Crippen MR) is 104 cm³/mol. The minimum atomic E-state index is 0.0519. The summed E-state index contributed by atoms with van der Waals surface area (Å²) in [6, 6.07) is 1.89. The third kappa shape index (κ3) is 4.10. The van der Waals surface area contributed by atoms with Gasteiger partial charge >= 0.3 is 0 Å². The summed E-state index contributed by atoms with van der Waals surface area (Å²) >= 11 is 0. The van der Waals surface area contributed by atoms with Gasteiger partial charge in [0.05, 0.1) is 25.3 Å². The molecule has 1 unspecified atom stereocenters. The molecule has 0 aliphatic carbocycles. The number of amides is 2. The van der Waals surface area contributed by atoms with Gasteiger partial charge in [0.2, 0.25) is 5.91 Å². The van der Waals surface area contributed by atoms with Crippen molar-refractivity contribution < 1.29 is 18.7 Å². The molecule has 3 aliphatic heterocycles. The highest BCUT2D eigenvalue weighted by molar-refractivity contribution is 5.94. The Morgan fingerprint density at radius 2 is 2.00 bits per heavy atom. The zero-order valence-corrected chi connectivity index (χ0v) is 16.8. The highest BCUT2D eigenvalue weighted by atomic mass is 16.5. The molecule has 0 bridgehead atoms. The Bertz CT molecular complexity index is 712. The van der Waals surface area contributed by atoms with Gasteiger partial charge in [-0.3, -0.25) is 14.5 Å². The predicted octanol–water partition coefficient (Wildman–Crippen LogP) is 1.98. The van der Waals surface area contributed by atoms with E-state index < -0.39 is 0 Å². The van der Waals surface area contributed by atoms with Gasteiger partial charge in [0, 0.05) is 51.1 Å². The fraction of sp³-hybridized carbons (Fsp3) is 0.714. The lowest BCUT2D eigenvalue weighted by atomic mass is 9.73. The average Bonchev–Trinajstić information content (AvgIpc) is 3.19. The smallest absolute Gasteiger partial charge is 0.257 e. The van der Waals surface area contributed by atoms with Gasteiger partial charge in [-0.15, -0.1) is 0 Å². The van der Waals surface area contributed by atoms with Crippen molar-refractivity contribution in [2.75, 3.05) is 52.5 Å². The van der Waals surface area contributed by atoms with E-state index in [0.29, 0.717) is 18.5 Å². The van der Waals surface area contributed by atoms with Crippen molar-refractivity contribution in [2.45, 2.75) is 39.2 Å². The van der Waals surface area contributed by atoms with Crippen molar-refractivity contribution in [3.8, 4) is 0 Å². The van der Waals surface area contributed by atoms with Gasteiger partial charge in [-0.25, -0.2) is 0 Å². The standard InChI is InChI=1S/C21H31N3O4/c1-2-23-15-21(6-4-19(23)25)5-3-7-24(16-21)20(26)17-12-18(28-14-17)13-22-8-10-27-11-9-22/h12,14H,2-11,13,15-16H2,1H3. The summed E-state index contributed by atoms with van der Waals surface area (Å²) in [5, 5.41) is 0. The molecule has 0 N–H and O–H groups in total. The molecule has 1 spiro atoms. The lowest BCUT2D eigenvalue weighted by Gasteiger charge is -2.48. The fourth-order valence-electron chi connectivity index (χ4n) is 4.84. The number of ether oxygens (including phenoxy) is 1. The van der Waals surface area contributed by atoms with Crippen LogP contribution in [-0.4, -0.2) is 79.0 Å². The maximum Gasteiger partial charge on any atom is 0.257 e. The molecule has 1 aromatic rings. The van der Waals surface area contributed by atoms with Crippen LogP contribution in [0.3, 0.4) is 0 Å². The van der Waals surface area contributed by atoms with Crippen molar-refractivity contribution in [2.24, 2.45) is 5.41 Å². The van der Waals surface area contributed by atoms with Crippen LogP contribution < -0.4 is 0 Å². The number of nitrogens with zero attached hydrogens (tertiary/aromatic N) is 3. The number of carbonyl (C=O) groups excluding carboxylic acids is 2. The Kier molecular flexibility index (Phi) is 5.73. The zero-order valence-electron chi connectivity index (χ0n) is 16.8. The van der Waals surface area contributed by atoms with Crippen LogP contribution in [0.1, 0.15) is 48.7 Å². The molecule has 7 heteroatoms. The summed E-state index contributed by atoms with van der Waals surface area (Å²) in [5.74, 6) is 1.13. The summed E-state index contributed by atoms with van der Waals surface area (Å²) in [5.41, 5.74) is 0.692. The summed E-state index contributed by atoms with van der Waals surface area (Å²) in [6.45, 7) is 9.08. The molecule has 1 aromatic heterocycles. The molecule has 0 aromatic carbocycles. The molecule has 3 saturated heterocycles. The molecule has 1 atom stereocenters. The van der Waals surface area contributed by atoms with E-state index in [1.54, 1.807) is 6.26 Å². The van der Waals surface area contributed by atoms with E-state index in [-0.39, 0.29) is 17.2 Å². The Balaban J connectivity index is 1.40. The minimum absolute atomic E-state index is 0.0519. The highest BCUT2D eigenvalue weighted by Gasteiger charge is 2.42. The fourth-order valence-corrected chi connectivity index (χ4v) is 4.84. The normalized spacial score (nSPS) is 26.8. The van der Waals surface area contributed by atoms with E-state index in [1.165, 1.54) is 0 Å². The quantitative estimate of drug-likeness (QED) is 0.788. The molecular weight excluding hydrogens is 358 g/mol. The number of hydrogen-bond acceptors (Lipinski definition) is 5. The summed E-state index contributed by atoms with van der Waals surface area (Å²) in [4.78, 5) is 31.4. The number of rotatable bonds is 4. The third-order valence-corrected chi connectivity index (χ3v) is 6.46. The second-order valence-corrected chi connectivity index (χ2v) is 8.43. The van der Waals surface area contributed by atoms with Crippen LogP contribution >= 0.6 is 0 Å². The average molecular weight is 389 g/mol. The van der Waals surface area contributed by atoms with E-state index >= 15 is 0 Å². The molecule has 2 amide bonds. The Labute approximate surface area is 166 Å². The molecule has 28 heavy (non-hydrogen) atoms. The highest BCUT2D eigenvalue weighted by Crippen LogP contribution is 2.39.